The van der Waals surface area contributed by atoms with Crippen LogP contribution in [0.1, 0.15) is 71.4 Å². The number of carbonyl (C=O) groups is 3. The van der Waals surface area contributed by atoms with Gasteiger partial charge in [-0.15, -0.1) is 21.5 Å². The highest BCUT2D eigenvalue weighted by molar-refractivity contribution is 7.15. The minimum Gasteiger partial charge on any atom is -0.494 e. The Morgan fingerprint density at radius 2 is 1.69 bits per heavy atom. The van der Waals surface area contributed by atoms with Gasteiger partial charge in [0.1, 0.15) is 27.6 Å². The zero-order chi connectivity index (χ0) is 52.0. The van der Waals surface area contributed by atoms with Crippen molar-refractivity contribution in [2.45, 2.75) is 58.9 Å². The third-order valence-corrected chi connectivity index (χ3v) is 16.7. The van der Waals surface area contributed by atoms with E-state index in [2.05, 4.69) is 64.2 Å². The summed E-state index contributed by atoms with van der Waals surface area (Å²) in [5.74, 6) is 2.43. The number of benzene rings is 2. The van der Waals surface area contributed by atoms with E-state index in [4.69, 9.17) is 42.7 Å². The number of amides is 3. The predicted molar refractivity (Wildman–Crippen MR) is 286 cm³/mol. The van der Waals surface area contributed by atoms with Crippen LogP contribution in [0.15, 0.2) is 58.4 Å². The van der Waals surface area contributed by atoms with Gasteiger partial charge in [-0.1, -0.05) is 35.3 Å². The summed E-state index contributed by atoms with van der Waals surface area (Å²) in [6.45, 7) is 11.8. The van der Waals surface area contributed by atoms with Crippen molar-refractivity contribution < 1.29 is 23.9 Å². The van der Waals surface area contributed by atoms with Crippen LogP contribution in [0.2, 0.25) is 10.0 Å². The summed E-state index contributed by atoms with van der Waals surface area (Å²) in [5, 5.41) is 20.5. The van der Waals surface area contributed by atoms with Crippen LogP contribution >= 0.6 is 34.5 Å². The fourth-order valence-corrected chi connectivity index (χ4v) is 12.2. The third-order valence-electron chi connectivity index (χ3n) is 15.0. The number of nitrogens with one attached hydrogen (secondary N) is 3. The minimum atomic E-state index is -0.528. The SMILES string of the molecule is CNC(=O)COc1cc2cc(Nc3nc(N4CCC(C(=O)N5CCC6(CC5)CN(CCNC(=O)C[C@@H]5N=C(c7ccc(Cl)cc7)c7c(sc(C)c7C)-n7c(C)nnc75)C6)CC4)ncc3Cl)cc(OC)c2n(C)c1=O. The first kappa shape index (κ1) is 50.9. The molecule has 3 amide bonds. The molecule has 2 aromatic carbocycles. The van der Waals surface area contributed by atoms with E-state index in [0.29, 0.717) is 82.5 Å². The quantitative estimate of drug-likeness (QED) is 0.109. The highest BCUT2D eigenvalue weighted by atomic mass is 35.5. The summed E-state index contributed by atoms with van der Waals surface area (Å²) < 4.78 is 14.7. The lowest BCUT2D eigenvalue weighted by Gasteiger charge is -2.54. The Hall–Kier alpha value is -6.61. The van der Waals surface area contributed by atoms with E-state index in [-0.39, 0.29) is 47.8 Å². The number of likely N-dealkylation sites (tertiary alicyclic amines) is 2. The van der Waals surface area contributed by atoms with Crippen LogP contribution in [0.5, 0.6) is 11.5 Å². The number of aliphatic imine (C=N–C) groups is 1. The van der Waals surface area contributed by atoms with Gasteiger partial charge in [0.25, 0.3) is 11.5 Å². The van der Waals surface area contributed by atoms with Gasteiger partial charge in [0.15, 0.2) is 24.0 Å². The van der Waals surface area contributed by atoms with Crippen LogP contribution in [0, 0.1) is 32.1 Å². The van der Waals surface area contributed by atoms with Crippen molar-refractivity contribution in [3.05, 3.63) is 102 Å². The van der Waals surface area contributed by atoms with Crippen LogP contribution in [0.25, 0.3) is 15.9 Å². The first-order valence-corrected chi connectivity index (χ1v) is 26.4. The summed E-state index contributed by atoms with van der Waals surface area (Å²) in [5.41, 5.74) is 4.85. The van der Waals surface area contributed by atoms with Gasteiger partial charge in [-0.3, -0.25) is 28.7 Å². The van der Waals surface area contributed by atoms with Gasteiger partial charge in [0.05, 0.1) is 31.0 Å². The van der Waals surface area contributed by atoms with Crippen molar-refractivity contribution in [1.29, 1.82) is 0 Å². The molecule has 3 fully saturated rings. The number of pyridine rings is 1. The Balaban J connectivity index is 0.694. The molecule has 74 heavy (non-hydrogen) atoms. The zero-order valence-electron chi connectivity index (χ0n) is 42.3. The van der Waals surface area contributed by atoms with Crippen molar-refractivity contribution >= 4 is 86.3 Å². The highest BCUT2D eigenvalue weighted by Gasteiger charge is 2.46. The lowest BCUT2D eigenvalue weighted by molar-refractivity contribution is -0.141. The largest absolute Gasteiger partial charge is 0.494 e. The maximum atomic E-state index is 13.9. The Labute approximate surface area is 442 Å². The molecular formula is C52H59Cl2N13O6S. The topological polar surface area (TPSA) is 206 Å². The number of piperidine rings is 2. The number of hydrogen-bond donors (Lipinski definition) is 3. The molecule has 22 heteroatoms. The maximum absolute atomic E-state index is 13.9. The van der Waals surface area contributed by atoms with Gasteiger partial charge in [-0.25, -0.2) is 4.98 Å². The summed E-state index contributed by atoms with van der Waals surface area (Å²) in [7, 11) is 4.63. The van der Waals surface area contributed by atoms with Crippen molar-refractivity contribution in [1.82, 2.24) is 49.7 Å². The molecule has 1 atom stereocenters. The number of anilines is 3. The molecule has 0 bridgehead atoms. The maximum Gasteiger partial charge on any atom is 0.293 e. The van der Waals surface area contributed by atoms with Crippen LogP contribution in [-0.4, -0.2) is 136 Å². The van der Waals surface area contributed by atoms with Crippen LogP contribution in [0.3, 0.4) is 0 Å². The van der Waals surface area contributed by atoms with Crippen molar-refractivity contribution in [3.8, 4) is 16.5 Å². The number of thiophene rings is 1. The van der Waals surface area contributed by atoms with Crippen LogP contribution < -0.4 is 35.9 Å². The highest BCUT2D eigenvalue weighted by Crippen LogP contribution is 2.42. The van der Waals surface area contributed by atoms with E-state index in [1.165, 1.54) is 23.6 Å². The lowest BCUT2D eigenvalue weighted by Crippen LogP contribution is -2.62. The zero-order valence-corrected chi connectivity index (χ0v) is 44.6. The van der Waals surface area contributed by atoms with E-state index in [1.807, 2.05) is 37.3 Å². The number of hydrogen-bond acceptors (Lipinski definition) is 15. The Kier molecular flexibility index (Phi) is 14.4. The lowest BCUT2D eigenvalue weighted by atomic mass is 9.72. The average Bonchev–Trinajstić information content (AvgIpc) is 3.87. The molecule has 4 aromatic heterocycles. The van der Waals surface area contributed by atoms with E-state index >= 15 is 0 Å². The number of nitrogens with zero attached hydrogens (tertiary/aromatic N) is 10. The second-order valence-electron chi connectivity index (χ2n) is 19.7. The van der Waals surface area contributed by atoms with E-state index in [9.17, 15) is 19.2 Å². The number of carbonyl (C=O) groups excluding carboxylic acids is 3. The molecule has 0 aliphatic carbocycles. The summed E-state index contributed by atoms with van der Waals surface area (Å²) >= 11 is 14.6. The van der Waals surface area contributed by atoms with Crippen LogP contribution in [-0.2, 0) is 21.4 Å². The normalized spacial score (nSPS) is 17.5. The molecule has 3 saturated heterocycles. The Morgan fingerprint density at radius 3 is 2.41 bits per heavy atom. The third kappa shape index (κ3) is 10.0. The number of fused-ring (bicyclic) bond motifs is 4. The summed E-state index contributed by atoms with van der Waals surface area (Å²) in [6.07, 6.45) is 4.99. The molecule has 0 saturated carbocycles. The van der Waals surface area contributed by atoms with Gasteiger partial charge >= 0.3 is 0 Å². The molecule has 8 heterocycles. The van der Waals surface area contributed by atoms with Gasteiger partial charge in [0.2, 0.25) is 17.8 Å². The molecule has 10 rings (SSSR count). The molecule has 388 valence electrons. The van der Waals surface area contributed by atoms with Crippen molar-refractivity contribution in [3.63, 3.8) is 0 Å². The Bertz CT molecular complexity index is 3240. The first-order chi connectivity index (χ1) is 35.6. The smallest absolute Gasteiger partial charge is 0.293 e. The summed E-state index contributed by atoms with van der Waals surface area (Å²) in [6, 6.07) is 12.3. The molecule has 6 aromatic rings. The van der Waals surface area contributed by atoms with Crippen molar-refractivity contribution in [2.75, 3.05) is 83.3 Å². The number of halogens is 2. The van der Waals surface area contributed by atoms with Gasteiger partial charge in [-0.2, -0.15) is 4.98 Å². The standard InChI is InChI=1S/C52H59Cl2N13O6S/c1-29-30(2)74-50-43(29)44(32-7-9-35(53)10-8-32)59-38(47-62-61-31(3)67(47)50)24-41(68)56-15-20-64-27-52(28-64)13-18-65(19-14-52)48(70)33-11-16-66(17-12-33)51-57-25-37(54)46(60-51)58-36-21-34-22-40(73-26-42(69)55-4)49(71)63(5)45(34)39(23-36)72-6/h7-10,21-23,25,33,38H,11-20,24,26-28H2,1-6H3,(H,55,69)(H,56,68)(H,57,58,60)/t38-/m0/s1. The van der Waals surface area contributed by atoms with E-state index in [0.717, 1.165) is 78.8 Å². The average molecular weight is 1070 g/mol. The molecular weight excluding hydrogens is 1010 g/mol. The van der Waals surface area contributed by atoms with E-state index in [1.54, 1.807) is 36.7 Å². The number of ether oxygens (including phenoxy) is 2. The second kappa shape index (κ2) is 21.0. The minimum absolute atomic E-state index is 0.0210. The van der Waals surface area contributed by atoms with Crippen LogP contribution in [0.4, 0.5) is 17.5 Å². The molecule has 19 nitrogen and oxygen atoms in total. The monoisotopic (exact) mass is 1060 g/mol. The number of aryl methyl sites for hydroxylation is 3. The molecule has 0 unspecified atom stereocenters. The van der Waals surface area contributed by atoms with Gasteiger partial charge in [0, 0.05) is 111 Å². The molecule has 0 radical (unpaired) electrons. The fourth-order valence-electron chi connectivity index (χ4n) is 10.7. The predicted octanol–water partition coefficient (Wildman–Crippen LogP) is 6.32. The van der Waals surface area contributed by atoms with E-state index < -0.39 is 11.6 Å². The first-order valence-electron chi connectivity index (χ1n) is 24.9. The molecule has 4 aliphatic heterocycles. The number of methoxy groups -OCH3 is 1. The Morgan fingerprint density at radius 1 is 0.946 bits per heavy atom. The fraction of sp³-hybridized carbons (Fsp3) is 0.442. The van der Waals surface area contributed by atoms with Crippen molar-refractivity contribution in [2.24, 2.45) is 23.4 Å². The molecule has 1 spiro atoms. The molecule has 4 aliphatic rings. The second-order valence-corrected chi connectivity index (χ2v) is 21.7. The number of rotatable bonds is 14. The molecule has 3 N–H and O–H groups in total. The van der Waals surface area contributed by atoms with Gasteiger partial charge < -0.3 is 44.7 Å². The number of likely N-dealkylation sites (N-methyl/N-ethyl adjacent to an activating group) is 1. The summed E-state index contributed by atoms with van der Waals surface area (Å²) in [4.78, 5) is 74.7. The number of aromatic nitrogens is 6. The van der Waals surface area contributed by atoms with Gasteiger partial charge in [-0.05, 0) is 81.7 Å².